The van der Waals surface area contributed by atoms with E-state index in [4.69, 9.17) is 9.84 Å². The highest BCUT2D eigenvalue weighted by Crippen LogP contribution is 2.14. The highest BCUT2D eigenvalue weighted by Gasteiger charge is 2.38. The van der Waals surface area contributed by atoms with E-state index in [2.05, 4.69) is 5.32 Å². The van der Waals surface area contributed by atoms with Gasteiger partial charge in [0.05, 0.1) is 19.3 Å². The fourth-order valence-corrected chi connectivity index (χ4v) is 1.43. The van der Waals surface area contributed by atoms with Crippen LogP contribution in [0.1, 0.15) is 6.92 Å². The minimum Gasteiger partial charge on any atom is -0.394 e. The highest BCUT2D eigenvalue weighted by atomic mass is 16.5. The molecule has 4 unspecified atom stereocenters. The lowest BCUT2D eigenvalue weighted by Crippen LogP contribution is -2.59. The minimum absolute atomic E-state index is 0.0863. The van der Waals surface area contributed by atoms with Gasteiger partial charge < -0.3 is 25.4 Å². The van der Waals surface area contributed by atoms with Crippen LogP contribution >= 0.6 is 0 Å². The molecule has 0 radical (unpaired) electrons. The summed E-state index contributed by atoms with van der Waals surface area (Å²) in [6.07, 6.45) is -3.06. The van der Waals surface area contributed by atoms with Gasteiger partial charge >= 0.3 is 0 Å². The molecule has 0 aliphatic carbocycles. The van der Waals surface area contributed by atoms with Crippen LogP contribution in [0.25, 0.3) is 0 Å². The van der Waals surface area contributed by atoms with E-state index in [0.717, 1.165) is 0 Å². The van der Waals surface area contributed by atoms with Crippen molar-refractivity contribution in [3.8, 4) is 0 Å². The SMILES string of the molecule is CC(=O)NC1COC(CO)C(O)C1O. The third-order valence-corrected chi connectivity index (χ3v) is 2.20. The van der Waals surface area contributed by atoms with Crippen LogP contribution in [0.5, 0.6) is 0 Å². The maximum Gasteiger partial charge on any atom is 0.217 e. The van der Waals surface area contributed by atoms with Crippen molar-refractivity contribution in [2.75, 3.05) is 13.2 Å². The molecule has 0 aromatic carbocycles. The van der Waals surface area contributed by atoms with Crippen LogP contribution in [0, 0.1) is 0 Å². The molecule has 0 saturated carbocycles. The molecule has 1 aliphatic heterocycles. The van der Waals surface area contributed by atoms with Crippen LogP contribution in [0.4, 0.5) is 0 Å². The fourth-order valence-electron chi connectivity index (χ4n) is 1.43. The van der Waals surface area contributed by atoms with Gasteiger partial charge in [-0.1, -0.05) is 0 Å². The monoisotopic (exact) mass is 205 g/mol. The molecule has 0 spiro atoms. The Kier molecular flexibility index (Phi) is 3.82. The summed E-state index contributed by atoms with van der Waals surface area (Å²) in [6, 6.07) is -0.620. The molecule has 4 atom stereocenters. The van der Waals surface area contributed by atoms with Crippen molar-refractivity contribution in [3.63, 3.8) is 0 Å². The first-order valence-corrected chi connectivity index (χ1v) is 4.42. The van der Waals surface area contributed by atoms with Crippen molar-refractivity contribution >= 4 is 5.91 Å². The number of carbonyl (C=O) groups excluding carboxylic acids is 1. The number of hydrogen-bond donors (Lipinski definition) is 4. The van der Waals surface area contributed by atoms with E-state index in [1.807, 2.05) is 0 Å². The quantitative estimate of drug-likeness (QED) is 0.403. The number of hydrogen-bond acceptors (Lipinski definition) is 5. The lowest BCUT2D eigenvalue weighted by Gasteiger charge is -2.36. The molecule has 0 aromatic rings. The fraction of sp³-hybridized carbons (Fsp3) is 0.875. The van der Waals surface area contributed by atoms with Crippen LogP contribution in [0.3, 0.4) is 0 Å². The van der Waals surface area contributed by atoms with Crippen molar-refractivity contribution in [2.45, 2.75) is 31.3 Å². The number of aliphatic hydroxyl groups is 3. The Balaban J connectivity index is 2.54. The van der Waals surface area contributed by atoms with Crippen LogP contribution in [-0.4, -0.2) is 58.8 Å². The summed E-state index contributed by atoms with van der Waals surface area (Å²) in [7, 11) is 0. The summed E-state index contributed by atoms with van der Waals surface area (Å²) in [5.41, 5.74) is 0. The minimum atomic E-state index is -1.18. The van der Waals surface area contributed by atoms with E-state index in [9.17, 15) is 15.0 Å². The van der Waals surface area contributed by atoms with Crippen molar-refractivity contribution in [1.29, 1.82) is 0 Å². The predicted octanol–water partition coefficient (Wildman–Crippen LogP) is -2.40. The molecule has 0 aromatic heterocycles. The summed E-state index contributed by atoms with van der Waals surface area (Å²) >= 11 is 0. The molecule has 6 heteroatoms. The van der Waals surface area contributed by atoms with E-state index >= 15 is 0 Å². The molecule has 82 valence electrons. The van der Waals surface area contributed by atoms with Crippen molar-refractivity contribution in [1.82, 2.24) is 5.32 Å². The number of carbonyl (C=O) groups is 1. The van der Waals surface area contributed by atoms with E-state index in [1.165, 1.54) is 6.92 Å². The van der Waals surface area contributed by atoms with Gasteiger partial charge in [0.1, 0.15) is 18.3 Å². The Hall–Kier alpha value is -0.690. The molecule has 4 N–H and O–H groups in total. The molecule has 1 aliphatic rings. The van der Waals surface area contributed by atoms with Gasteiger partial charge in [-0.25, -0.2) is 0 Å². The Morgan fingerprint density at radius 2 is 2.14 bits per heavy atom. The van der Waals surface area contributed by atoms with Gasteiger partial charge in [-0.05, 0) is 0 Å². The number of ether oxygens (including phenoxy) is 1. The second-order valence-corrected chi connectivity index (χ2v) is 3.34. The second-order valence-electron chi connectivity index (χ2n) is 3.34. The Bertz CT molecular complexity index is 210. The van der Waals surface area contributed by atoms with Gasteiger partial charge in [-0.2, -0.15) is 0 Å². The largest absolute Gasteiger partial charge is 0.394 e. The number of nitrogens with one attached hydrogen (secondary N) is 1. The smallest absolute Gasteiger partial charge is 0.217 e. The van der Waals surface area contributed by atoms with Crippen molar-refractivity contribution < 1.29 is 24.9 Å². The molecular formula is C8H15NO5. The van der Waals surface area contributed by atoms with E-state index in [0.29, 0.717) is 0 Å². The van der Waals surface area contributed by atoms with Crippen molar-refractivity contribution in [3.05, 3.63) is 0 Å². The number of aliphatic hydroxyl groups excluding tert-OH is 3. The van der Waals surface area contributed by atoms with Crippen LogP contribution in [0.2, 0.25) is 0 Å². The summed E-state index contributed by atoms with van der Waals surface area (Å²) in [4.78, 5) is 10.7. The molecule has 0 bridgehead atoms. The first-order chi connectivity index (χ1) is 6.56. The highest BCUT2D eigenvalue weighted by molar-refractivity contribution is 5.73. The van der Waals surface area contributed by atoms with Crippen LogP contribution in [0.15, 0.2) is 0 Å². The van der Waals surface area contributed by atoms with Gasteiger partial charge in [0.2, 0.25) is 5.91 Å². The Morgan fingerprint density at radius 3 is 2.64 bits per heavy atom. The molecule has 14 heavy (non-hydrogen) atoms. The predicted molar refractivity (Wildman–Crippen MR) is 46.4 cm³/mol. The molecule has 1 rings (SSSR count). The zero-order valence-corrected chi connectivity index (χ0v) is 7.88. The van der Waals surface area contributed by atoms with Crippen molar-refractivity contribution in [2.24, 2.45) is 0 Å². The lowest BCUT2D eigenvalue weighted by molar-refractivity contribution is -0.164. The van der Waals surface area contributed by atoms with Crippen LogP contribution < -0.4 is 5.32 Å². The lowest BCUT2D eigenvalue weighted by atomic mass is 9.98. The van der Waals surface area contributed by atoms with E-state index < -0.39 is 24.4 Å². The molecule has 6 nitrogen and oxygen atoms in total. The number of amides is 1. The third kappa shape index (κ3) is 2.42. The maximum atomic E-state index is 10.7. The zero-order valence-electron chi connectivity index (χ0n) is 7.88. The van der Waals surface area contributed by atoms with E-state index in [-0.39, 0.29) is 19.1 Å². The molecule has 1 amide bonds. The summed E-state index contributed by atoms with van der Waals surface area (Å²) < 4.78 is 5.05. The molecular weight excluding hydrogens is 190 g/mol. The molecule has 1 heterocycles. The zero-order chi connectivity index (χ0) is 10.7. The van der Waals surface area contributed by atoms with Gasteiger partial charge in [0.15, 0.2) is 0 Å². The second kappa shape index (κ2) is 4.70. The molecule has 1 fully saturated rings. The first kappa shape index (κ1) is 11.4. The molecule has 1 saturated heterocycles. The standard InChI is InChI=1S/C8H15NO5/c1-4(11)9-5-3-14-6(2-10)8(13)7(5)12/h5-8,10,12-13H,2-3H2,1H3,(H,9,11). The summed E-state index contributed by atoms with van der Waals surface area (Å²) in [6.45, 7) is 1.05. The topological polar surface area (TPSA) is 99.0 Å². The number of rotatable bonds is 2. The summed E-state index contributed by atoms with van der Waals surface area (Å²) in [5.74, 6) is -0.299. The normalized spacial score (nSPS) is 38.0. The van der Waals surface area contributed by atoms with Gasteiger partial charge in [0, 0.05) is 6.92 Å². The third-order valence-electron chi connectivity index (χ3n) is 2.20. The van der Waals surface area contributed by atoms with Crippen LogP contribution in [-0.2, 0) is 9.53 Å². The average molecular weight is 205 g/mol. The van der Waals surface area contributed by atoms with Gasteiger partial charge in [-0.15, -0.1) is 0 Å². The van der Waals surface area contributed by atoms with E-state index in [1.54, 1.807) is 0 Å². The first-order valence-electron chi connectivity index (χ1n) is 4.42. The Morgan fingerprint density at radius 1 is 1.50 bits per heavy atom. The van der Waals surface area contributed by atoms with Gasteiger partial charge in [0.25, 0.3) is 0 Å². The average Bonchev–Trinajstić information content (AvgIpc) is 2.13. The van der Waals surface area contributed by atoms with Gasteiger partial charge in [-0.3, -0.25) is 4.79 Å². The Labute approximate surface area is 81.5 Å². The summed E-state index contributed by atoms with van der Waals surface area (Å²) in [5, 5.41) is 30.2. The maximum absolute atomic E-state index is 10.7.